The van der Waals surface area contributed by atoms with Crippen LogP contribution < -0.4 is 15.4 Å². The van der Waals surface area contributed by atoms with Crippen molar-refractivity contribution in [1.29, 1.82) is 0 Å². The van der Waals surface area contributed by atoms with Crippen molar-refractivity contribution in [3.05, 3.63) is 59.9 Å². The second-order valence-corrected chi connectivity index (χ2v) is 6.40. The number of ether oxygens (including phenoxy) is 2. The number of nitrogens with zero attached hydrogens (tertiary/aromatic N) is 1. The van der Waals surface area contributed by atoms with Crippen LogP contribution in [-0.4, -0.2) is 50.4 Å². The average Bonchev–Trinajstić information content (AvgIpc) is 2.68. The molecule has 144 valence electrons. The summed E-state index contributed by atoms with van der Waals surface area (Å²) in [6, 6.07) is 14.1. The average molecular weight is 373 g/mol. The number of benzene rings is 2. The molecule has 2 aromatic rings. The minimum Gasteiger partial charge on any atom is -0.494 e. The molecule has 1 atom stereocenters. The lowest BCUT2D eigenvalue weighted by atomic mass is 10.2. The van der Waals surface area contributed by atoms with Crippen LogP contribution >= 0.6 is 0 Å². The molecule has 1 aliphatic rings. The molecule has 0 radical (unpaired) electrons. The molecular formula is C20H24FN3O3. The summed E-state index contributed by atoms with van der Waals surface area (Å²) in [6.07, 6.45) is -0.0826. The van der Waals surface area contributed by atoms with E-state index >= 15 is 0 Å². The quantitative estimate of drug-likeness (QED) is 0.817. The Labute approximate surface area is 158 Å². The highest BCUT2D eigenvalue weighted by atomic mass is 19.1. The van der Waals surface area contributed by atoms with Gasteiger partial charge in [-0.05, 0) is 17.7 Å². The zero-order valence-corrected chi connectivity index (χ0v) is 15.3. The van der Waals surface area contributed by atoms with Gasteiger partial charge in [-0.2, -0.15) is 0 Å². The van der Waals surface area contributed by atoms with Gasteiger partial charge in [-0.15, -0.1) is 0 Å². The van der Waals surface area contributed by atoms with Crippen molar-refractivity contribution in [2.24, 2.45) is 0 Å². The second-order valence-electron chi connectivity index (χ2n) is 6.40. The lowest BCUT2D eigenvalue weighted by molar-refractivity contribution is -0.0285. The van der Waals surface area contributed by atoms with Crippen LogP contribution in [-0.2, 0) is 11.3 Å². The number of halogens is 1. The Balaban J connectivity index is 1.45. The van der Waals surface area contributed by atoms with Crippen LogP contribution in [0.15, 0.2) is 48.5 Å². The zero-order chi connectivity index (χ0) is 19.1. The number of nitrogens with one attached hydrogen (secondary N) is 2. The molecule has 0 bridgehead atoms. The Morgan fingerprint density at radius 3 is 2.85 bits per heavy atom. The lowest BCUT2D eigenvalue weighted by Crippen LogP contribution is -2.47. The van der Waals surface area contributed by atoms with Crippen molar-refractivity contribution < 1.29 is 18.7 Å². The number of carbonyl (C=O) groups excluding carboxylic acids is 1. The van der Waals surface area contributed by atoms with Crippen molar-refractivity contribution in [1.82, 2.24) is 10.2 Å². The number of anilines is 1. The summed E-state index contributed by atoms with van der Waals surface area (Å²) in [6.45, 7) is 3.48. The van der Waals surface area contributed by atoms with Gasteiger partial charge in [0.25, 0.3) is 0 Å². The van der Waals surface area contributed by atoms with Crippen LogP contribution in [0.4, 0.5) is 14.9 Å². The first-order valence-electron chi connectivity index (χ1n) is 8.90. The highest BCUT2D eigenvalue weighted by molar-refractivity contribution is 5.89. The molecule has 2 aromatic carbocycles. The van der Waals surface area contributed by atoms with Gasteiger partial charge in [0, 0.05) is 37.9 Å². The van der Waals surface area contributed by atoms with Crippen molar-refractivity contribution in [2.75, 3.05) is 38.7 Å². The van der Waals surface area contributed by atoms with Gasteiger partial charge in [0.05, 0.1) is 19.8 Å². The molecule has 6 nitrogen and oxygen atoms in total. The van der Waals surface area contributed by atoms with E-state index in [-0.39, 0.29) is 11.9 Å². The number of methoxy groups -OCH3 is 1. The summed E-state index contributed by atoms with van der Waals surface area (Å²) in [5.41, 5.74) is 1.62. The molecule has 2 amide bonds. The second kappa shape index (κ2) is 9.34. The normalized spacial score (nSPS) is 17.3. The minimum atomic E-state index is -0.525. The third kappa shape index (κ3) is 5.67. The number of amides is 2. The molecule has 27 heavy (non-hydrogen) atoms. The molecule has 7 heteroatoms. The van der Waals surface area contributed by atoms with Gasteiger partial charge >= 0.3 is 6.03 Å². The topological polar surface area (TPSA) is 62.8 Å². The van der Waals surface area contributed by atoms with Crippen LogP contribution in [0.5, 0.6) is 5.75 Å². The number of morpholine rings is 1. The van der Waals surface area contributed by atoms with Crippen LogP contribution in [0, 0.1) is 5.82 Å². The van der Waals surface area contributed by atoms with Crippen LogP contribution in [0.1, 0.15) is 5.56 Å². The number of carbonyl (C=O) groups is 1. The van der Waals surface area contributed by atoms with Gasteiger partial charge in [-0.25, -0.2) is 9.18 Å². The molecule has 0 aliphatic carbocycles. The summed E-state index contributed by atoms with van der Waals surface area (Å²) in [5, 5.41) is 5.39. The maximum absolute atomic E-state index is 13.7. The van der Waals surface area contributed by atoms with Crippen molar-refractivity contribution in [3.8, 4) is 5.75 Å². The molecule has 1 fully saturated rings. The number of rotatable bonds is 6. The van der Waals surface area contributed by atoms with Gasteiger partial charge in [0.15, 0.2) is 11.6 Å². The predicted molar refractivity (Wildman–Crippen MR) is 101 cm³/mol. The van der Waals surface area contributed by atoms with E-state index < -0.39 is 11.8 Å². The smallest absolute Gasteiger partial charge is 0.319 e. The van der Waals surface area contributed by atoms with E-state index in [1.54, 1.807) is 6.07 Å². The molecule has 1 unspecified atom stereocenters. The summed E-state index contributed by atoms with van der Waals surface area (Å²) in [5.74, 6) is -0.391. The maximum Gasteiger partial charge on any atom is 0.319 e. The highest BCUT2D eigenvalue weighted by Crippen LogP contribution is 2.20. The fraction of sp³-hybridized carbons (Fsp3) is 0.350. The molecule has 1 heterocycles. The molecule has 2 N–H and O–H groups in total. The molecule has 3 rings (SSSR count). The zero-order valence-electron chi connectivity index (χ0n) is 15.3. The first-order valence-corrected chi connectivity index (χ1v) is 8.90. The van der Waals surface area contributed by atoms with Crippen LogP contribution in [0.2, 0.25) is 0 Å². The number of hydrogen-bond acceptors (Lipinski definition) is 4. The summed E-state index contributed by atoms with van der Waals surface area (Å²) >= 11 is 0. The molecule has 1 aliphatic heterocycles. The highest BCUT2D eigenvalue weighted by Gasteiger charge is 2.21. The van der Waals surface area contributed by atoms with Gasteiger partial charge in [-0.3, -0.25) is 4.90 Å². The number of urea groups is 1. The minimum absolute atomic E-state index is 0.0826. The lowest BCUT2D eigenvalue weighted by Gasteiger charge is -2.33. The number of hydrogen-bond donors (Lipinski definition) is 2. The molecule has 1 saturated heterocycles. The Kier molecular flexibility index (Phi) is 6.62. The molecular weight excluding hydrogens is 349 g/mol. The fourth-order valence-corrected chi connectivity index (χ4v) is 3.02. The first kappa shape index (κ1) is 19.1. The summed E-state index contributed by atoms with van der Waals surface area (Å²) in [4.78, 5) is 14.4. The van der Waals surface area contributed by atoms with E-state index in [0.717, 1.165) is 19.6 Å². The fourth-order valence-electron chi connectivity index (χ4n) is 3.02. The molecule has 0 spiro atoms. The summed E-state index contributed by atoms with van der Waals surface area (Å²) in [7, 11) is 1.39. The van der Waals surface area contributed by atoms with E-state index in [0.29, 0.717) is 18.8 Å². The van der Waals surface area contributed by atoms with Crippen molar-refractivity contribution >= 4 is 11.7 Å². The Morgan fingerprint density at radius 2 is 2.11 bits per heavy atom. The largest absolute Gasteiger partial charge is 0.494 e. The van der Waals surface area contributed by atoms with Crippen molar-refractivity contribution in [3.63, 3.8) is 0 Å². The van der Waals surface area contributed by atoms with E-state index in [9.17, 15) is 9.18 Å². The predicted octanol–water partition coefficient (Wildman–Crippen LogP) is 2.86. The van der Waals surface area contributed by atoms with Gasteiger partial charge in [-0.1, -0.05) is 30.3 Å². The van der Waals surface area contributed by atoms with E-state index in [1.807, 2.05) is 18.2 Å². The Hall–Kier alpha value is -2.64. The van der Waals surface area contributed by atoms with E-state index in [4.69, 9.17) is 9.47 Å². The SMILES string of the molecule is COc1ccc(NC(=O)NCC2CN(Cc3ccccc3)CCO2)cc1F. The van der Waals surface area contributed by atoms with Gasteiger partial charge < -0.3 is 20.1 Å². The van der Waals surface area contributed by atoms with Crippen LogP contribution in [0.25, 0.3) is 0 Å². The third-order valence-electron chi connectivity index (χ3n) is 4.37. The van der Waals surface area contributed by atoms with Crippen molar-refractivity contribution in [2.45, 2.75) is 12.6 Å². The Morgan fingerprint density at radius 1 is 1.30 bits per heavy atom. The molecule has 0 saturated carbocycles. The maximum atomic E-state index is 13.7. The first-order chi connectivity index (χ1) is 13.1. The summed E-state index contributed by atoms with van der Waals surface area (Å²) < 4.78 is 24.3. The van der Waals surface area contributed by atoms with E-state index in [2.05, 4.69) is 27.7 Å². The van der Waals surface area contributed by atoms with Gasteiger partial charge in [0.2, 0.25) is 0 Å². The Bertz CT molecular complexity index is 757. The van der Waals surface area contributed by atoms with E-state index in [1.165, 1.54) is 24.8 Å². The standard InChI is InChI=1S/C20H24FN3O3/c1-26-19-8-7-16(11-18(19)21)23-20(25)22-12-17-14-24(9-10-27-17)13-15-5-3-2-4-6-15/h2-8,11,17H,9-10,12-14H2,1H3,(H2,22,23,25). The monoisotopic (exact) mass is 373 g/mol. The third-order valence-corrected chi connectivity index (χ3v) is 4.37. The van der Waals surface area contributed by atoms with Gasteiger partial charge in [0.1, 0.15) is 0 Å². The molecule has 0 aromatic heterocycles. The van der Waals surface area contributed by atoms with Crippen LogP contribution in [0.3, 0.4) is 0 Å².